The van der Waals surface area contributed by atoms with Gasteiger partial charge in [0.05, 0.1) is 6.10 Å². The van der Waals surface area contributed by atoms with Gasteiger partial charge >= 0.3 is 0 Å². The summed E-state index contributed by atoms with van der Waals surface area (Å²) in [5.74, 6) is -1.40. The first-order valence-corrected chi connectivity index (χ1v) is 8.96. The molecule has 136 valence electrons. The van der Waals surface area contributed by atoms with Gasteiger partial charge < -0.3 is 9.84 Å². The summed E-state index contributed by atoms with van der Waals surface area (Å²) in [7, 11) is 0. The molecule has 2 nitrogen and oxygen atoms in total. The Balaban J connectivity index is 1.95. The van der Waals surface area contributed by atoms with E-state index in [9.17, 15) is 13.9 Å². The van der Waals surface area contributed by atoms with Gasteiger partial charge in [-0.2, -0.15) is 0 Å². The Bertz CT molecular complexity index is 686. The molecule has 0 fully saturated rings. The van der Waals surface area contributed by atoms with Gasteiger partial charge in [0, 0.05) is 0 Å². The van der Waals surface area contributed by atoms with Crippen molar-refractivity contribution in [1.82, 2.24) is 0 Å². The van der Waals surface area contributed by atoms with E-state index in [1.165, 1.54) is 43.9 Å². The highest BCUT2D eigenvalue weighted by Crippen LogP contribution is 2.29. The molecule has 25 heavy (non-hydrogen) atoms. The predicted octanol–water partition coefficient (Wildman–Crippen LogP) is 6.47. The van der Waals surface area contributed by atoms with Crippen molar-refractivity contribution in [3.05, 3.63) is 48.0 Å². The van der Waals surface area contributed by atoms with Crippen LogP contribution in [0.25, 0.3) is 11.1 Å². The smallest absolute Gasteiger partial charge is 0.165 e. The number of halogens is 2. The molecule has 1 unspecified atom stereocenters. The molecule has 0 radical (unpaired) electrons. The highest BCUT2D eigenvalue weighted by Gasteiger charge is 2.11. The molecule has 0 aromatic heterocycles. The van der Waals surface area contributed by atoms with Gasteiger partial charge in [-0.05, 0) is 55.2 Å². The number of unbranched alkanes of at least 4 members (excludes halogenated alkanes) is 4. The molecule has 0 aliphatic heterocycles. The fraction of sp³-hybridized carbons (Fsp3) is 0.429. The normalized spacial score (nSPS) is 12.2. The van der Waals surface area contributed by atoms with Gasteiger partial charge in [-0.15, -0.1) is 0 Å². The van der Waals surface area contributed by atoms with Crippen molar-refractivity contribution in [2.75, 3.05) is 0 Å². The lowest BCUT2D eigenvalue weighted by molar-refractivity contribution is 0.197. The monoisotopic (exact) mass is 348 g/mol. The molecule has 0 saturated carbocycles. The Kier molecular flexibility index (Phi) is 7.23. The van der Waals surface area contributed by atoms with Crippen LogP contribution in [0.3, 0.4) is 0 Å². The first-order valence-electron chi connectivity index (χ1n) is 8.96. The van der Waals surface area contributed by atoms with E-state index in [4.69, 9.17) is 4.74 Å². The number of aromatic hydroxyl groups is 1. The van der Waals surface area contributed by atoms with Crippen LogP contribution in [0.1, 0.15) is 52.4 Å². The number of hydrogen-bond donors (Lipinski definition) is 1. The zero-order valence-electron chi connectivity index (χ0n) is 14.9. The molecule has 0 aliphatic rings. The Morgan fingerprint density at radius 3 is 2.20 bits per heavy atom. The molecule has 0 aliphatic carbocycles. The Morgan fingerprint density at radius 2 is 1.56 bits per heavy atom. The van der Waals surface area contributed by atoms with E-state index in [0.29, 0.717) is 11.1 Å². The maximum absolute atomic E-state index is 14.3. The summed E-state index contributed by atoms with van der Waals surface area (Å²) in [6.45, 7) is 4.13. The minimum atomic E-state index is -0.727. The molecule has 0 heterocycles. The van der Waals surface area contributed by atoms with E-state index in [1.54, 1.807) is 18.2 Å². The maximum Gasteiger partial charge on any atom is 0.165 e. The van der Waals surface area contributed by atoms with Crippen molar-refractivity contribution < 1.29 is 18.6 Å². The average Bonchev–Trinajstić information content (AvgIpc) is 2.59. The molecule has 0 spiro atoms. The van der Waals surface area contributed by atoms with Crippen LogP contribution in [-0.4, -0.2) is 11.2 Å². The van der Waals surface area contributed by atoms with E-state index >= 15 is 0 Å². The van der Waals surface area contributed by atoms with Crippen LogP contribution in [0.5, 0.6) is 11.5 Å². The summed E-state index contributed by atoms with van der Waals surface area (Å²) in [4.78, 5) is 0. The summed E-state index contributed by atoms with van der Waals surface area (Å²) in [6, 6.07) is 8.58. The van der Waals surface area contributed by atoms with Crippen LogP contribution >= 0.6 is 0 Å². The SMILES string of the molecule is CCCCCCCC(C)Oc1ccc(-c2ccc(O)c(F)c2)cc1F. The summed E-state index contributed by atoms with van der Waals surface area (Å²) < 4.78 is 33.4. The molecule has 2 aromatic rings. The van der Waals surface area contributed by atoms with Gasteiger partial charge in [-0.1, -0.05) is 44.7 Å². The fourth-order valence-electron chi connectivity index (χ4n) is 2.77. The van der Waals surface area contributed by atoms with Gasteiger partial charge in [0.15, 0.2) is 23.1 Å². The highest BCUT2D eigenvalue weighted by atomic mass is 19.1. The molecule has 2 rings (SSSR count). The number of phenols is 1. The zero-order valence-corrected chi connectivity index (χ0v) is 14.9. The largest absolute Gasteiger partial charge is 0.505 e. The van der Waals surface area contributed by atoms with Crippen LogP contribution in [0.15, 0.2) is 36.4 Å². The molecule has 2 aromatic carbocycles. The Morgan fingerprint density at radius 1 is 0.920 bits per heavy atom. The van der Waals surface area contributed by atoms with Gasteiger partial charge in [-0.25, -0.2) is 8.78 Å². The first kappa shape index (κ1) is 19.2. The molecular weight excluding hydrogens is 322 g/mol. The van der Waals surface area contributed by atoms with E-state index < -0.39 is 17.4 Å². The van der Waals surface area contributed by atoms with Crippen LogP contribution in [0, 0.1) is 11.6 Å². The predicted molar refractivity (Wildman–Crippen MR) is 96.9 cm³/mol. The van der Waals surface area contributed by atoms with Crippen LogP contribution in [0.2, 0.25) is 0 Å². The number of rotatable bonds is 9. The first-order chi connectivity index (χ1) is 12.0. The molecular formula is C21H26F2O2. The van der Waals surface area contributed by atoms with Gasteiger partial charge in [0.25, 0.3) is 0 Å². The quantitative estimate of drug-likeness (QED) is 0.527. The summed E-state index contributed by atoms with van der Waals surface area (Å²) in [6.07, 6.45) is 6.80. The second-order valence-electron chi connectivity index (χ2n) is 6.44. The minimum absolute atomic E-state index is 0.0481. The molecule has 1 atom stereocenters. The van der Waals surface area contributed by atoms with E-state index in [-0.39, 0.29) is 11.9 Å². The number of ether oxygens (including phenoxy) is 1. The molecule has 4 heteroatoms. The molecule has 1 N–H and O–H groups in total. The number of hydrogen-bond acceptors (Lipinski definition) is 2. The summed E-state index contributed by atoms with van der Waals surface area (Å²) in [5.41, 5.74) is 1.04. The van der Waals surface area contributed by atoms with Gasteiger partial charge in [-0.3, -0.25) is 0 Å². The number of benzene rings is 2. The van der Waals surface area contributed by atoms with Crippen molar-refractivity contribution >= 4 is 0 Å². The average molecular weight is 348 g/mol. The summed E-state index contributed by atoms with van der Waals surface area (Å²) >= 11 is 0. The topological polar surface area (TPSA) is 29.5 Å². The standard InChI is InChI=1S/C21H26F2O2/c1-3-4-5-6-7-8-15(2)25-21-12-10-17(14-19(21)23)16-9-11-20(24)18(22)13-16/h9-15,24H,3-8H2,1-2H3. The van der Waals surface area contributed by atoms with Gasteiger partial charge in [0.2, 0.25) is 0 Å². The number of phenolic OH excluding ortho intramolecular Hbond substituents is 1. The Hall–Kier alpha value is -2.10. The lowest BCUT2D eigenvalue weighted by Gasteiger charge is -2.16. The van der Waals surface area contributed by atoms with Crippen molar-refractivity contribution in [1.29, 1.82) is 0 Å². The van der Waals surface area contributed by atoms with Crippen LogP contribution < -0.4 is 4.74 Å². The molecule has 0 bridgehead atoms. The van der Waals surface area contributed by atoms with E-state index in [0.717, 1.165) is 12.8 Å². The zero-order chi connectivity index (χ0) is 18.2. The van der Waals surface area contributed by atoms with E-state index in [2.05, 4.69) is 6.92 Å². The minimum Gasteiger partial charge on any atom is -0.505 e. The lowest BCUT2D eigenvalue weighted by Crippen LogP contribution is -2.12. The highest BCUT2D eigenvalue weighted by molar-refractivity contribution is 5.65. The summed E-state index contributed by atoms with van der Waals surface area (Å²) in [5, 5.41) is 9.24. The van der Waals surface area contributed by atoms with Crippen molar-refractivity contribution in [2.24, 2.45) is 0 Å². The van der Waals surface area contributed by atoms with Crippen LogP contribution in [0.4, 0.5) is 8.78 Å². The third kappa shape index (κ3) is 5.73. The third-order valence-electron chi connectivity index (χ3n) is 4.26. The second-order valence-corrected chi connectivity index (χ2v) is 6.44. The van der Waals surface area contributed by atoms with Crippen molar-refractivity contribution in [3.8, 4) is 22.6 Å². The molecule has 0 saturated heterocycles. The maximum atomic E-state index is 14.3. The molecule has 0 amide bonds. The van der Waals surface area contributed by atoms with E-state index in [1.807, 2.05) is 6.92 Å². The van der Waals surface area contributed by atoms with Crippen molar-refractivity contribution in [3.63, 3.8) is 0 Å². The van der Waals surface area contributed by atoms with Gasteiger partial charge in [0.1, 0.15) is 0 Å². The Labute approximate surface area is 148 Å². The lowest BCUT2D eigenvalue weighted by atomic mass is 10.0. The second kappa shape index (κ2) is 9.40. The third-order valence-corrected chi connectivity index (χ3v) is 4.26. The van der Waals surface area contributed by atoms with Crippen LogP contribution in [-0.2, 0) is 0 Å². The fourth-order valence-corrected chi connectivity index (χ4v) is 2.77. The van der Waals surface area contributed by atoms with Crippen molar-refractivity contribution in [2.45, 2.75) is 58.5 Å².